The molecule has 3 atom stereocenters. The van der Waals surface area contributed by atoms with Crippen LogP contribution in [0, 0.1) is 11.8 Å². The Morgan fingerprint density at radius 3 is 2.63 bits per heavy atom. The van der Waals surface area contributed by atoms with E-state index in [1.54, 1.807) is 12.1 Å². The van der Waals surface area contributed by atoms with Crippen LogP contribution < -0.4 is 10.6 Å². The minimum absolute atomic E-state index is 0.536. The number of benzene rings is 1. The first kappa shape index (κ1) is 13.5. The number of nitrogens with one attached hydrogen (secondary N) is 2. The number of rotatable bonds is 2. The highest BCUT2D eigenvalue weighted by Crippen LogP contribution is 2.44. The Bertz CT molecular complexity index is 506. The molecule has 0 heterocycles. The van der Waals surface area contributed by atoms with E-state index in [4.69, 9.17) is 35.4 Å². The molecular weight excluding hydrogens is 299 g/mol. The molecule has 2 N–H and O–H groups in total. The zero-order valence-electron chi connectivity index (χ0n) is 10.5. The van der Waals surface area contributed by atoms with Crippen LogP contribution in [0.25, 0.3) is 0 Å². The van der Waals surface area contributed by atoms with Crippen LogP contribution in [0.2, 0.25) is 10.0 Å². The van der Waals surface area contributed by atoms with Crippen molar-refractivity contribution in [3.05, 3.63) is 28.2 Å². The van der Waals surface area contributed by atoms with Crippen molar-refractivity contribution in [3.63, 3.8) is 0 Å². The van der Waals surface area contributed by atoms with Gasteiger partial charge in [-0.1, -0.05) is 29.6 Å². The van der Waals surface area contributed by atoms with E-state index in [-0.39, 0.29) is 0 Å². The molecule has 0 saturated heterocycles. The van der Waals surface area contributed by atoms with Gasteiger partial charge in [-0.05, 0) is 61.5 Å². The molecule has 2 aliphatic carbocycles. The third-order valence-electron chi connectivity index (χ3n) is 4.23. The minimum atomic E-state index is 0.536. The summed E-state index contributed by atoms with van der Waals surface area (Å²) >= 11 is 17.2. The normalized spacial score (nSPS) is 28.4. The first-order valence-electron chi connectivity index (χ1n) is 6.64. The van der Waals surface area contributed by atoms with Gasteiger partial charge in [0.15, 0.2) is 5.11 Å². The van der Waals surface area contributed by atoms with E-state index in [1.807, 2.05) is 6.07 Å². The zero-order valence-corrected chi connectivity index (χ0v) is 12.8. The summed E-state index contributed by atoms with van der Waals surface area (Å²) < 4.78 is 0. The standard InChI is InChI=1S/C14H16Cl2N2S/c15-11-4-3-10(7-12(11)16)17-14(19)18-13-6-8-1-2-9(13)5-8/h3-4,7-9,13H,1-2,5-6H2,(H2,17,18,19). The van der Waals surface area contributed by atoms with Crippen molar-refractivity contribution in [1.29, 1.82) is 0 Å². The summed E-state index contributed by atoms with van der Waals surface area (Å²) in [7, 11) is 0. The molecule has 2 saturated carbocycles. The molecule has 102 valence electrons. The fourth-order valence-corrected chi connectivity index (χ4v) is 3.90. The van der Waals surface area contributed by atoms with Crippen LogP contribution in [0.15, 0.2) is 18.2 Å². The Morgan fingerprint density at radius 1 is 1.16 bits per heavy atom. The molecule has 2 fully saturated rings. The Hall–Kier alpha value is -0.510. The molecule has 0 aliphatic heterocycles. The van der Waals surface area contributed by atoms with Crippen LogP contribution >= 0.6 is 35.4 Å². The van der Waals surface area contributed by atoms with Gasteiger partial charge in [-0.3, -0.25) is 0 Å². The van der Waals surface area contributed by atoms with Gasteiger partial charge in [0.1, 0.15) is 0 Å². The highest BCUT2D eigenvalue weighted by molar-refractivity contribution is 7.80. The Kier molecular flexibility index (Phi) is 3.88. The van der Waals surface area contributed by atoms with Crippen molar-refractivity contribution in [3.8, 4) is 0 Å². The van der Waals surface area contributed by atoms with E-state index >= 15 is 0 Å². The van der Waals surface area contributed by atoms with Gasteiger partial charge in [-0.25, -0.2) is 0 Å². The SMILES string of the molecule is S=C(Nc1ccc(Cl)c(Cl)c1)NC1CC2CCC1C2. The second kappa shape index (κ2) is 5.47. The second-order valence-electron chi connectivity index (χ2n) is 5.51. The van der Waals surface area contributed by atoms with E-state index in [0.29, 0.717) is 21.2 Å². The molecule has 2 aliphatic rings. The number of hydrogen-bond acceptors (Lipinski definition) is 1. The summed E-state index contributed by atoms with van der Waals surface area (Å²) in [5.41, 5.74) is 0.870. The monoisotopic (exact) mass is 314 g/mol. The highest BCUT2D eigenvalue weighted by atomic mass is 35.5. The smallest absolute Gasteiger partial charge is 0.171 e. The quantitative estimate of drug-likeness (QED) is 0.788. The minimum Gasteiger partial charge on any atom is -0.359 e. The molecule has 0 spiro atoms. The summed E-state index contributed by atoms with van der Waals surface area (Å²) in [6, 6.07) is 5.98. The van der Waals surface area contributed by atoms with Crippen LogP contribution in [0.4, 0.5) is 5.69 Å². The fourth-order valence-electron chi connectivity index (χ4n) is 3.33. The molecular formula is C14H16Cl2N2S. The van der Waals surface area contributed by atoms with Crippen LogP contribution in [0.3, 0.4) is 0 Å². The Morgan fingerprint density at radius 2 is 2.00 bits per heavy atom. The Balaban J connectivity index is 1.57. The van der Waals surface area contributed by atoms with E-state index < -0.39 is 0 Å². The van der Waals surface area contributed by atoms with Crippen LogP contribution in [-0.4, -0.2) is 11.2 Å². The second-order valence-corrected chi connectivity index (χ2v) is 6.73. The molecule has 1 aromatic rings. The summed E-state index contributed by atoms with van der Waals surface area (Å²) in [5.74, 6) is 1.72. The highest BCUT2D eigenvalue weighted by Gasteiger charge is 2.39. The van der Waals surface area contributed by atoms with Gasteiger partial charge in [0, 0.05) is 11.7 Å². The number of fused-ring (bicyclic) bond motifs is 2. The first-order chi connectivity index (χ1) is 9.11. The average molecular weight is 315 g/mol. The topological polar surface area (TPSA) is 24.1 Å². The third kappa shape index (κ3) is 2.99. The molecule has 2 bridgehead atoms. The molecule has 1 aromatic carbocycles. The summed E-state index contributed by atoms with van der Waals surface area (Å²) in [5, 5.41) is 8.38. The molecule has 5 heteroatoms. The average Bonchev–Trinajstić information content (AvgIpc) is 2.96. The first-order valence-corrected chi connectivity index (χ1v) is 7.81. The maximum Gasteiger partial charge on any atom is 0.171 e. The number of anilines is 1. The molecule has 2 nitrogen and oxygen atoms in total. The van der Waals surface area contributed by atoms with Gasteiger partial charge >= 0.3 is 0 Å². The van der Waals surface area contributed by atoms with Crippen LogP contribution in [-0.2, 0) is 0 Å². The van der Waals surface area contributed by atoms with Gasteiger partial charge in [0.05, 0.1) is 10.0 Å². The Labute approximate surface area is 128 Å². The number of thiocarbonyl (C=S) groups is 1. The van der Waals surface area contributed by atoms with Crippen molar-refractivity contribution in [2.75, 3.05) is 5.32 Å². The van der Waals surface area contributed by atoms with E-state index in [2.05, 4.69) is 10.6 Å². The van der Waals surface area contributed by atoms with Crippen molar-refractivity contribution in [2.45, 2.75) is 31.7 Å². The molecule has 0 aromatic heterocycles. The van der Waals surface area contributed by atoms with E-state index in [0.717, 1.165) is 17.5 Å². The van der Waals surface area contributed by atoms with Crippen molar-refractivity contribution in [2.24, 2.45) is 11.8 Å². The van der Waals surface area contributed by atoms with Gasteiger partial charge in [-0.15, -0.1) is 0 Å². The molecule has 3 rings (SSSR count). The van der Waals surface area contributed by atoms with Crippen LogP contribution in [0.5, 0.6) is 0 Å². The van der Waals surface area contributed by atoms with Gasteiger partial charge in [-0.2, -0.15) is 0 Å². The lowest BCUT2D eigenvalue weighted by Gasteiger charge is -2.24. The number of hydrogen-bond donors (Lipinski definition) is 2. The lowest BCUT2D eigenvalue weighted by molar-refractivity contribution is 0.392. The van der Waals surface area contributed by atoms with Crippen molar-refractivity contribution in [1.82, 2.24) is 5.32 Å². The molecule has 0 amide bonds. The van der Waals surface area contributed by atoms with E-state index in [9.17, 15) is 0 Å². The van der Waals surface area contributed by atoms with Crippen LogP contribution in [0.1, 0.15) is 25.7 Å². The third-order valence-corrected chi connectivity index (χ3v) is 5.19. The zero-order chi connectivity index (χ0) is 13.4. The summed E-state index contributed by atoms with van der Waals surface area (Å²) in [4.78, 5) is 0. The number of halogens is 2. The van der Waals surface area contributed by atoms with Gasteiger partial charge in [0.2, 0.25) is 0 Å². The maximum atomic E-state index is 5.98. The predicted molar refractivity (Wildman–Crippen MR) is 85.1 cm³/mol. The van der Waals surface area contributed by atoms with Crippen molar-refractivity contribution < 1.29 is 0 Å². The molecule has 19 heavy (non-hydrogen) atoms. The van der Waals surface area contributed by atoms with Crippen molar-refractivity contribution >= 4 is 46.2 Å². The summed E-state index contributed by atoms with van der Waals surface area (Å²) in [6.07, 6.45) is 5.37. The largest absolute Gasteiger partial charge is 0.359 e. The molecule has 3 unspecified atom stereocenters. The van der Waals surface area contributed by atoms with Gasteiger partial charge in [0.25, 0.3) is 0 Å². The predicted octanol–water partition coefficient (Wildman–Crippen LogP) is 4.47. The van der Waals surface area contributed by atoms with Gasteiger partial charge < -0.3 is 10.6 Å². The lowest BCUT2D eigenvalue weighted by Crippen LogP contribution is -2.40. The fraction of sp³-hybridized carbons (Fsp3) is 0.500. The van der Waals surface area contributed by atoms with E-state index in [1.165, 1.54) is 25.7 Å². The molecule has 0 radical (unpaired) electrons. The maximum absolute atomic E-state index is 5.98. The lowest BCUT2D eigenvalue weighted by atomic mass is 9.96. The summed E-state index contributed by atoms with van der Waals surface area (Å²) in [6.45, 7) is 0.